The lowest BCUT2D eigenvalue weighted by Gasteiger charge is -2.32. The molecule has 192 valence electrons. The highest BCUT2D eigenvalue weighted by Crippen LogP contribution is 2.31. The van der Waals surface area contributed by atoms with Gasteiger partial charge in [0.2, 0.25) is 21.8 Å². The number of hydrogen-bond acceptors (Lipinski definition) is 5. The van der Waals surface area contributed by atoms with E-state index in [9.17, 15) is 18.0 Å². The van der Waals surface area contributed by atoms with E-state index in [1.807, 2.05) is 20.8 Å². The Balaban J connectivity index is 2.47. The molecule has 0 radical (unpaired) electrons. The second-order valence-corrected chi connectivity index (χ2v) is 10.9. The molecule has 0 aliphatic carbocycles. The van der Waals surface area contributed by atoms with Crippen molar-refractivity contribution in [2.75, 3.05) is 24.2 Å². The second kappa shape index (κ2) is 12.3. The molecule has 0 aromatic heterocycles. The minimum atomic E-state index is -3.87. The van der Waals surface area contributed by atoms with Crippen LogP contribution in [0.25, 0.3) is 0 Å². The van der Waals surface area contributed by atoms with Gasteiger partial charge in [-0.15, -0.1) is 0 Å². The lowest BCUT2D eigenvalue weighted by Crippen LogP contribution is -2.52. The zero-order valence-electron chi connectivity index (χ0n) is 21.0. The smallest absolute Gasteiger partial charge is 0.244 e. The number of carbonyl (C=O) groups excluding carboxylic acids is 2. The molecule has 2 aromatic carbocycles. The number of carbonyl (C=O) groups is 2. The molecule has 0 aliphatic rings. The molecule has 0 saturated heterocycles. The van der Waals surface area contributed by atoms with Crippen molar-refractivity contribution in [1.82, 2.24) is 10.2 Å². The van der Waals surface area contributed by atoms with E-state index in [0.717, 1.165) is 22.5 Å². The number of amides is 2. The number of aryl methyl sites for hydroxylation is 1. The summed E-state index contributed by atoms with van der Waals surface area (Å²) in [6.07, 6.45) is 1.76. The van der Waals surface area contributed by atoms with E-state index < -0.39 is 28.5 Å². The van der Waals surface area contributed by atoms with Crippen LogP contribution >= 0.6 is 11.6 Å². The average molecular weight is 524 g/mol. The normalized spacial score (nSPS) is 13.0. The van der Waals surface area contributed by atoms with E-state index in [2.05, 4.69) is 5.32 Å². The molecular formula is C25H34ClN3O5S. The monoisotopic (exact) mass is 523 g/mol. The van der Waals surface area contributed by atoms with Crippen molar-refractivity contribution in [3.05, 3.63) is 58.6 Å². The van der Waals surface area contributed by atoms with Crippen LogP contribution in [0.5, 0.6) is 5.75 Å². The number of nitrogens with zero attached hydrogens (tertiary/aromatic N) is 2. The number of methoxy groups -OCH3 is 1. The van der Waals surface area contributed by atoms with Crippen LogP contribution in [-0.4, -0.2) is 57.1 Å². The van der Waals surface area contributed by atoms with Gasteiger partial charge in [0.1, 0.15) is 18.3 Å². The molecule has 0 unspecified atom stereocenters. The van der Waals surface area contributed by atoms with Crippen LogP contribution < -0.4 is 14.4 Å². The van der Waals surface area contributed by atoms with Gasteiger partial charge in [0.05, 0.1) is 19.1 Å². The third-order valence-electron chi connectivity index (χ3n) is 5.75. The third-order valence-corrected chi connectivity index (χ3v) is 7.24. The van der Waals surface area contributed by atoms with Crippen molar-refractivity contribution in [1.29, 1.82) is 0 Å². The maximum Gasteiger partial charge on any atom is 0.244 e. The Morgan fingerprint density at radius 2 is 1.80 bits per heavy atom. The summed E-state index contributed by atoms with van der Waals surface area (Å²) in [4.78, 5) is 27.9. The van der Waals surface area contributed by atoms with Gasteiger partial charge in [0.15, 0.2) is 0 Å². The molecular weight excluding hydrogens is 490 g/mol. The number of halogens is 1. The van der Waals surface area contributed by atoms with E-state index in [0.29, 0.717) is 16.3 Å². The summed E-state index contributed by atoms with van der Waals surface area (Å²) in [7, 11) is -2.43. The van der Waals surface area contributed by atoms with Gasteiger partial charge in [-0.2, -0.15) is 0 Å². The van der Waals surface area contributed by atoms with E-state index in [1.54, 1.807) is 49.4 Å². The van der Waals surface area contributed by atoms with E-state index in [1.165, 1.54) is 12.0 Å². The van der Waals surface area contributed by atoms with Gasteiger partial charge < -0.3 is 15.0 Å². The molecule has 10 heteroatoms. The molecule has 0 fully saturated rings. The maximum absolute atomic E-state index is 13.6. The fourth-order valence-corrected chi connectivity index (χ4v) is 4.49. The SMILES string of the molecule is CC[C@@H](C)NC(=O)[C@H](C)N(Cc1ccccc1Cl)C(=O)CN(c1cc(C)ccc1OC)S(C)(=O)=O. The van der Waals surface area contributed by atoms with Gasteiger partial charge >= 0.3 is 0 Å². The molecule has 1 N–H and O–H groups in total. The van der Waals surface area contributed by atoms with Crippen LogP contribution in [0.3, 0.4) is 0 Å². The molecule has 0 heterocycles. The quantitative estimate of drug-likeness (QED) is 0.484. The number of nitrogens with one attached hydrogen (secondary N) is 1. The summed E-state index contributed by atoms with van der Waals surface area (Å²) in [5, 5.41) is 3.33. The number of ether oxygens (including phenoxy) is 1. The second-order valence-electron chi connectivity index (χ2n) is 8.55. The van der Waals surface area contributed by atoms with E-state index >= 15 is 0 Å². The first-order valence-corrected chi connectivity index (χ1v) is 13.6. The number of anilines is 1. The zero-order valence-corrected chi connectivity index (χ0v) is 22.6. The van der Waals surface area contributed by atoms with Crippen molar-refractivity contribution < 1.29 is 22.7 Å². The van der Waals surface area contributed by atoms with Crippen LogP contribution in [0.4, 0.5) is 5.69 Å². The predicted octanol–water partition coefficient (Wildman–Crippen LogP) is 3.76. The largest absolute Gasteiger partial charge is 0.495 e. The highest BCUT2D eigenvalue weighted by molar-refractivity contribution is 7.92. The standard InChI is InChI=1S/C25H34ClN3O5S/c1-7-18(3)27-25(31)19(4)28(15-20-10-8-9-11-21(20)26)24(30)16-29(35(6,32)33)22-14-17(2)12-13-23(22)34-5/h8-14,18-19H,7,15-16H2,1-6H3,(H,27,31)/t18-,19+/m1/s1. The molecule has 2 amide bonds. The molecule has 35 heavy (non-hydrogen) atoms. The Labute approximate surface area is 213 Å². The summed E-state index contributed by atoms with van der Waals surface area (Å²) in [6, 6.07) is 11.2. The lowest BCUT2D eigenvalue weighted by atomic mass is 10.1. The van der Waals surface area contributed by atoms with Crippen molar-refractivity contribution in [2.24, 2.45) is 0 Å². The molecule has 2 aromatic rings. The molecule has 0 spiro atoms. The molecule has 2 atom stereocenters. The summed E-state index contributed by atoms with van der Waals surface area (Å²) in [5.74, 6) is -0.571. The Morgan fingerprint density at radius 3 is 2.37 bits per heavy atom. The molecule has 0 aliphatic heterocycles. The van der Waals surface area contributed by atoms with Crippen molar-refractivity contribution in [3.63, 3.8) is 0 Å². The highest BCUT2D eigenvalue weighted by atomic mass is 35.5. The van der Waals surface area contributed by atoms with Crippen LogP contribution in [0.2, 0.25) is 5.02 Å². The Morgan fingerprint density at radius 1 is 1.14 bits per heavy atom. The fourth-order valence-electron chi connectivity index (χ4n) is 3.45. The first kappa shape index (κ1) is 28.5. The van der Waals surface area contributed by atoms with Crippen LogP contribution in [-0.2, 0) is 26.2 Å². The zero-order chi connectivity index (χ0) is 26.3. The Kier molecular flexibility index (Phi) is 9.97. The molecule has 8 nitrogen and oxygen atoms in total. The Hall–Kier alpha value is -2.78. The number of hydrogen-bond donors (Lipinski definition) is 1. The van der Waals surface area contributed by atoms with Gasteiger partial charge in [-0.05, 0) is 56.5 Å². The summed E-state index contributed by atoms with van der Waals surface area (Å²) < 4.78 is 31.9. The van der Waals surface area contributed by atoms with Gasteiger partial charge in [0, 0.05) is 17.6 Å². The third kappa shape index (κ3) is 7.60. The van der Waals surface area contributed by atoms with Gasteiger partial charge in [-0.1, -0.05) is 42.8 Å². The first-order valence-electron chi connectivity index (χ1n) is 11.3. The number of sulfonamides is 1. The average Bonchev–Trinajstić information content (AvgIpc) is 2.80. The van der Waals surface area contributed by atoms with Gasteiger partial charge in [-0.3, -0.25) is 13.9 Å². The molecule has 0 saturated carbocycles. The first-order chi connectivity index (χ1) is 16.4. The van der Waals surface area contributed by atoms with Crippen molar-refractivity contribution in [3.8, 4) is 5.75 Å². The summed E-state index contributed by atoms with van der Waals surface area (Å²) in [5.41, 5.74) is 1.69. The minimum Gasteiger partial charge on any atom is -0.495 e. The van der Waals surface area contributed by atoms with Gasteiger partial charge in [0.25, 0.3) is 0 Å². The maximum atomic E-state index is 13.6. The van der Waals surface area contributed by atoms with Crippen molar-refractivity contribution in [2.45, 2.75) is 52.7 Å². The topological polar surface area (TPSA) is 96.0 Å². The van der Waals surface area contributed by atoms with E-state index in [4.69, 9.17) is 16.3 Å². The number of benzene rings is 2. The van der Waals surface area contributed by atoms with Gasteiger partial charge in [-0.25, -0.2) is 8.42 Å². The summed E-state index contributed by atoms with van der Waals surface area (Å²) >= 11 is 6.33. The van der Waals surface area contributed by atoms with E-state index in [-0.39, 0.29) is 24.2 Å². The predicted molar refractivity (Wildman–Crippen MR) is 139 cm³/mol. The number of rotatable bonds is 11. The minimum absolute atomic E-state index is 0.0379. The Bertz CT molecular complexity index is 1160. The van der Waals surface area contributed by atoms with Crippen LogP contribution in [0, 0.1) is 6.92 Å². The van der Waals surface area contributed by atoms with Crippen molar-refractivity contribution >= 4 is 39.1 Å². The molecule has 0 bridgehead atoms. The highest BCUT2D eigenvalue weighted by Gasteiger charge is 2.31. The molecule has 2 rings (SSSR count). The fraction of sp³-hybridized carbons (Fsp3) is 0.440. The van der Waals surface area contributed by atoms with Crippen LogP contribution in [0.1, 0.15) is 38.3 Å². The lowest BCUT2D eigenvalue weighted by molar-refractivity contribution is -0.139. The summed E-state index contributed by atoms with van der Waals surface area (Å²) in [6.45, 7) is 6.78. The van der Waals surface area contributed by atoms with Crippen LogP contribution in [0.15, 0.2) is 42.5 Å².